The molecular formula is C20H20Cl2N4. The molecule has 26 heavy (non-hydrogen) atoms. The summed E-state index contributed by atoms with van der Waals surface area (Å²) in [6.07, 6.45) is 5.95. The molecule has 1 fully saturated rings. The van der Waals surface area contributed by atoms with Gasteiger partial charge in [0.15, 0.2) is 0 Å². The maximum absolute atomic E-state index is 7.70. The van der Waals surface area contributed by atoms with Crippen LogP contribution in [0.3, 0.4) is 0 Å². The Kier molecular flexibility index (Phi) is 4.63. The summed E-state index contributed by atoms with van der Waals surface area (Å²) >= 11 is 13.0. The predicted octanol–water partition coefficient (Wildman–Crippen LogP) is 5.80. The summed E-state index contributed by atoms with van der Waals surface area (Å²) in [5.74, 6) is 0.833. The van der Waals surface area contributed by atoms with Crippen molar-refractivity contribution in [1.82, 2.24) is 9.55 Å². The summed E-state index contributed by atoms with van der Waals surface area (Å²) in [6.45, 7) is 0. The first kappa shape index (κ1) is 17.4. The van der Waals surface area contributed by atoms with Gasteiger partial charge in [-0.3, -0.25) is 5.41 Å². The number of fused-ring (bicyclic) bond motifs is 1. The predicted molar refractivity (Wildman–Crippen MR) is 108 cm³/mol. The van der Waals surface area contributed by atoms with Gasteiger partial charge in [0.2, 0.25) is 0 Å². The maximum Gasteiger partial charge on any atom is 0.144 e. The molecule has 1 saturated carbocycles. The average molecular weight is 387 g/mol. The van der Waals surface area contributed by atoms with Crippen LogP contribution in [0.5, 0.6) is 0 Å². The highest BCUT2D eigenvalue weighted by Gasteiger charge is 2.24. The fourth-order valence-electron chi connectivity index (χ4n) is 3.86. The van der Waals surface area contributed by atoms with Gasteiger partial charge in [0, 0.05) is 11.6 Å². The summed E-state index contributed by atoms with van der Waals surface area (Å²) in [4.78, 5) is 4.86. The number of imidazole rings is 1. The van der Waals surface area contributed by atoms with Crippen LogP contribution in [0, 0.1) is 5.41 Å². The van der Waals surface area contributed by atoms with Gasteiger partial charge in [0.05, 0.1) is 26.6 Å². The van der Waals surface area contributed by atoms with Gasteiger partial charge >= 0.3 is 0 Å². The van der Waals surface area contributed by atoms with E-state index < -0.39 is 0 Å². The van der Waals surface area contributed by atoms with Gasteiger partial charge in [-0.15, -0.1) is 0 Å². The van der Waals surface area contributed by atoms with Crippen LogP contribution in [0.15, 0.2) is 36.4 Å². The van der Waals surface area contributed by atoms with E-state index in [4.69, 9.17) is 39.3 Å². The van der Waals surface area contributed by atoms with Gasteiger partial charge in [-0.05, 0) is 43.2 Å². The van der Waals surface area contributed by atoms with E-state index in [9.17, 15) is 0 Å². The first-order chi connectivity index (χ1) is 12.6. The normalized spacial score (nSPS) is 15.5. The summed E-state index contributed by atoms with van der Waals surface area (Å²) in [7, 11) is 0. The summed E-state index contributed by atoms with van der Waals surface area (Å²) in [5.41, 5.74) is 8.94. The highest BCUT2D eigenvalue weighted by atomic mass is 35.5. The number of aromatic nitrogens is 2. The fourth-order valence-corrected chi connectivity index (χ4v) is 4.43. The number of hydrogen-bond acceptors (Lipinski definition) is 2. The number of hydrogen-bond donors (Lipinski definition) is 2. The molecule has 0 amide bonds. The van der Waals surface area contributed by atoms with Gasteiger partial charge in [0.25, 0.3) is 0 Å². The highest BCUT2D eigenvalue weighted by molar-refractivity contribution is 6.39. The Balaban J connectivity index is 1.99. The van der Waals surface area contributed by atoms with E-state index in [1.165, 1.54) is 19.3 Å². The number of nitrogen functional groups attached to an aromatic ring is 1. The van der Waals surface area contributed by atoms with Gasteiger partial charge in [-0.2, -0.15) is 0 Å². The summed E-state index contributed by atoms with van der Waals surface area (Å²) in [6, 6.07) is 11.6. The van der Waals surface area contributed by atoms with E-state index in [2.05, 4.69) is 4.57 Å². The van der Waals surface area contributed by atoms with Crippen LogP contribution in [-0.4, -0.2) is 15.4 Å². The molecule has 4 nitrogen and oxygen atoms in total. The van der Waals surface area contributed by atoms with Crippen molar-refractivity contribution >= 4 is 40.1 Å². The first-order valence-corrected chi connectivity index (χ1v) is 9.62. The third-order valence-corrected chi connectivity index (χ3v) is 5.76. The summed E-state index contributed by atoms with van der Waals surface area (Å²) < 4.78 is 2.28. The second-order valence-electron chi connectivity index (χ2n) is 6.81. The van der Waals surface area contributed by atoms with E-state index in [0.29, 0.717) is 21.7 Å². The lowest BCUT2D eigenvalue weighted by Crippen LogP contribution is -2.14. The largest absolute Gasteiger partial charge is 0.384 e. The van der Waals surface area contributed by atoms with Crippen molar-refractivity contribution in [1.29, 1.82) is 5.41 Å². The molecule has 4 rings (SSSR count). The van der Waals surface area contributed by atoms with Crippen LogP contribution in [0.1, 0.15) is 43.7 Å². The number of nitrogens with one attached hydrogen (secondary N) is 1. The molecule has 0 spiro atoms. The zero-order valence-corrected chi connectivity index (χ0v) is 15.8. The lowest BCUT2D eigenvalue weighted by Gasteiger charge is -2.26. The lowest BCUT2D eigenvalue weighted by molar-refractivity contribution is 0.362. The molecular weight excluding hydrogens is 367 g/mol. The molecule has 1 heterocycles. The maximum atomic E-state index is 7.70. The molecule has 0 atom stereocenters. The quantitative estimate of drug-likeness (QED) is 0.441. The van der Waals surface area contributed by atoms with Crippen molar-refractivity contribution in [2.45, 2.75) is 38.1 Å². The lowest BCUT2D eigenvalue weighted by atomic mass is 9.94. The molecule has 0 unspecified atom stereocenters. The van der Waals surface area contributed by atoms with Crippen LogP contribution in [0.25, 0.3) is 22.4 Å². The number of nitrogens with two attached hydrogens (primary N) is 1. The molecule has 3 aromatic rings. The van der Waals surface area contributed by atoms with Crippen molar-refractivity contribution in [3.05, 3.63) is 52.0 Å². The van der Waals surface area contributed by atoms with Crippen molar-refractivity contribution in [2.24, 2.45) is 5.73 Å². The minimum atomic E-state index is 0.0384. The zero-order chi connectivity index (χ0) is 18.3. The Morgan fingerprint density at radius 1 is 1.08 bits per heavy atom. The third kappa shape index (κ3) is 2.97. The number of rotatable bonds is 3. The molecule has 1 aliphatic carbocycles. The topological polar surface area (TPSA) is 67.7 Å². The Hall–Kier alpha value is -2.04. The van der Waals surface area contributed by atoms with Gasteiger partial charge in [-0.1, -0.05) is 48.5 Å². The van der Waals surface area contributed by atoms with Crippen molar-refractivity contribution in [3.8, 4) is 11.4 Å². The third-order valence-electron chi connectivity index (χ3n) is 5.13. The molecule has 1 aromatic heterocycles. The van der Waals surface area contributed by atoms with Gasteiger partial charge in [0.1, 0.15) is 11.7 Å². The number of nitrogens with zero attached hydrogens (tertiary/aromatic N) is 2. The molecule has 1 aliphatic rings. The SMILES string of the molecule is N=C(N)c1ccc2c(c1)nc(-c1c(Cl)cccc1Cl)n2C1CCCCC1. The van der Waals surface area contributed by atoms with E-state index in [0.717, 1.165) is 35.3 Å². The first-order valence-electron chi connectivity index (χ1n) is 8.87. The van der Waals surface area contributed by atoms with Crippen LogP contribution < -0.4 is 5.73 Å². The van der Waals surface area contributed by atoms with Crippen LogP contribution >= 0.6 is 23.2 Å². The molecule has 0 radical (unpaired) electrons. The molecule has 0 bridgehead atoms. The Bertz CT molecular complexity index is 967. The minimum Gasteiger partial charge on any atom is -0.384 e. The molecule has 2 aromatic carbocycles. The van der Waals surface area contributed by atoms with Crippen LogP contribution in [0.2, 0.25) is 10.0 Å². The fraction of sp³-hybridized carbons (Fsp3) is 0.300. The van der Waals surface area contributed by atoms with Gasteiger partial charge < -0.3 is 10.3 Å². The number of halogens is 2. The number of amidine groups is 1. The van der Waals surface area contributed by atoms with Crippen LogP contribution in [-0.2, 0) is 0 Å². The minimum absolute atomic E-state index is 0.0384. The standard InChI is InChI=1S/C20H20Cl2N4/c21-14-7-4-8-15(22)18(14)20-25-16-11-12(19(23)24)9-10-17(16)26(20)13-5-2-1-3-6-13/h4,7-11,13H,1-3,5-6H2,(H3,23,24). The summed E-state index contributed by atoms with van der Waals surface area (Å²) in [5, 5.41) is 8.89. The Morgan fingerprint density at radius 3 is 2.42 bits per heavy atom. The molecule has 134 valence electrons. The van der Waals surface area contributed by atoms with Crippen molar-refractivity contribution in [3.63, 3.8) is 0 Å². The molecule has 3 N–H and O–H groups in total. The monoisotopic (exact) mass is 386 g/mol. The Morgan fingerprint density at radius 2 is 1.77 bits per heavy atom. The molecule has 0 aliphatic heterocycles. The van der Waals surface area contributed by atoms with Crippen molar-refractivity contribution < 1.29 is 0 Å². The molecule has 6 heteroatoms. The Labute approximate surface area is 162 Å². The molecule has 0 saturated heterocycles. The smallest absolute Gasteiger partial charge is 0.144 e. The van der Waals surface area contributed by atoms with E-state index in [1.807, 2.05) is 36.4 Å². The van der Waals surface area contributed by atoms with Crippen molar-refractivity contribution in [2.75, 3.05) is 0 Å². The van der Waals surface area contributed by atoms with E-state index in [-0.39, 0.29) is 5.84 Å². The second kappa shape index (κ2) is 6.93. The second-order valence-corrected chi connectivity index (χ2v) is 7.63. The van der Waals surface area contributed by atoms with E-state index in [1.54, 1.807) is 0 Å². The average Bonchev–Trinajstić information content (AvgIpc) is 3.00. The highest BCUT2D eigenvalue weighted by Crippen LogP contribution is 2.40. The number of benzene rings is 2. The van der Waals surface area contributed by atoms with E-state index >= 15 is 0 Å². The van der Waals surface area contributed by atoms with Crippen LogP contribution in [0.4, 0.5) is 0 Å². The zero-order valence-electron chi connectivity index (χ0n) is 14.3. The van der Waals surface area contributed by atoms with Gasteiger partial charge in [-0.25, -0.2) is 4.98 Å².